The lowest BCUT2D eigenvalue weighted by atomic mass is 10.3. The Bertz CT molecular complexity index is 595. The van der Waals surface area contributed by atoms with Gasteiger partial charge in [0, 0.05) is 25.7 Å². The van der Waals surface area contributed by atoms with Crippen molar-refractivity contribution in [2.75, 3.05) is 18.4 Å². The maximum absolute atomic E-state index is 12.4. The number of amides is 1. The van der Waals surface area contributed by atoms with Crippen molar-refractivity contribution < 1.29 is 13.2 Å². The predicted molar refractivity (Wildman–Crippen MR) is 73.7 cm³/mol. The lowest BCUT2D eigenvalue weighted by molar-refractivity contribution is -0.114. The van der Waals surface area contributed by atoms with E-state index in [0.717, 1.165) is 12.8 Å². The molecule has 7 heteroatoms. The number of carbonyl (C=O) groups is 1. The Morgan fingerprint density at radius 1 is 1.32 bits per heavy atom. The van der Waals surface area contributed by atoms with Crippen LogP contribution in [0.2, 0.25) is 5.02 Å². The fourth-order valence-electron chi connectivity index (χ4n) is 2.05. The quantitative estimate of drug-likeness (QED) is 0.929. The van der Waals surface area contributed by atoms with Gasteiger partial charge in [0.1, 0.15) is 4.90 Å². The van der Waals surface area contributed by atoms with Crippen molar-refractivity contribution in [3.63, 3.8) is 0 Å². The number of benzene rings is 1. The van der Waals surface area contributed by atoms with Gasteiger partial charge < -0.3 is 5.32 Å². The summed E-state index contributed by atoms with van der Waals surface area (Å²) in [7, 11) is -3.58. The van der Waals surface area contributed by atoms with Gasteiger partial charge >= 0.3 is 0 Å². The molecule has 0 unspecified atom stereocenters. The molecule has 1 aromatic rings. The van der Waals surface area contributed by atoms with Crippen LogP contribution in [0.4, 0.5) is 5.69 Å². The summed E-state index contributed by atoms with van der Waals surface area (Å²) in [6, 6.07) is 4.46. The standard InChI is InChI=1S/C12H15ClN2O3S/c1-9(16)14-10-4-5-11(13)12(8-10)19(17,18)15-6-2-3-7-15/h4-5,8H,2-3,6-7H2,1H3,(H,14,16). The Hall–Kier alpha value is -1.11. The van der Waals surface area contributed by atoms with Crippen LogP contribution >= 0.6 is 11.6 Å². The van der Waals surface area contributed by atoms with Gasteiger partial charge in [-0.15, -0.1) is 0 Å². The number of nitrogens with one attached hydrogen (secondary N) is 1. The normalized spacial score (nSPS) is 16.5. The minimum atomic E-state index is -3.58. The Balaban J connectivity index is 2.40. The van der Waals surface area contributed by atoms with Gasteiger partial charge in [-0.25, -0.2) is 8.42 Å². The van der Waals surface area contributed by atoms with E-state index in [1.165, 1.54) is 23.4 Å². The van der Waals surface area contributed by atoms with Crippen molar-refractivity contribution in [1.29, 1.82) is 0 Å². The number of rotatable bonds is 3. The third-order valence-corrected chi connectivity index (χ3v) is 5.31. The molecule has 1 aliphatic heterocycles. The van der Waals surface area contributed by atoms with Gasteiger partial charge in [-0.2, -0.15) is 4.31 Å². The summed E-state index contributed by atoms with van der Waals surface area (Å²) in [5.41, 5.74) is 0.426. The third-order valence-electron chi connectivity index (χ3n) is 2.93. The first-order valence-electron chi connectivity index (χ1n) is 5.98. The lowest BCUT2D eigenvalue weighted by Gasteiger charge is -2.17. The zero-order chi connectivity index (χ0) is 14.0. The molecule has 1 aliphatic rings. The fraction of sp³-hybridized carbons (Fsp3) is 0.417. The van der Waals surface area contributed by atoms with Gasteiger partial charge in [0.25, 0.3) is 0 Å². The van der Waals surface area contributed by atoms with Crippen LogP contribution in [0.25, 0.3) is 0 Å². The van der Waals surface area contributed by atoms with Crippen molar-refractivity contribution in [3.8, 4) is 0 Å². The first-order valence-corrected chi connectivity index (χ1v) is 7.80. The molecule has 5 nitrogen and oxygen atoms in total. The van der Waals surface area contributed by atoms with Gasteiger partial charge in [-0.1, -0.05) is 11.6 Å². The fourth-order valence-corrected chi connectivity index (χ4v) is 4.07. The largest absolute Gasteiger partial charge is 0.326 e. The van der Waals surface area contributed by atoms with Crippen molar-refractivity contribution >= 4 is 33.2 Å². The van der Waals surface area contributed by atoms with Gasteiger partial charge in [-0.3, -0.25) is 4.79 Å². The Morgan fingerprint density at radius 3 is 2.53 bits per heavy atom. The molecule has 1 saturated heterocycles. The molecule has 2 rings (SSSR count). The smallest absolute Gasteiger partial charge is 0.244 e. The molecule has 1 heterocycles. The Kier molecular flexibility index (Phi) is 4.13. The number of hydrogen-bond donors (Lipinski definition) is 1. The first-order chi connectivity index (χ1) is 8.91. The third kappa shape index (κ3) is 3.08. The SMILES string of the molecule is CC(=O)Nc1ccc(Cl)c(S(=O)(=O)N2CCCC2)c1. The van der Waals surface area contributed by atoms with Crippen molar-refractivity contribution in [2.45, 2.75) is 24.7 Å². The van der Waals surface area contributed by atoms with Crippen LogP contribution in [0.15, 0.2) is 23.1 Å². The molecular weight excluding hydrogens is 288 g/mol. The van der Waals surface area contributed by atoms with Gasteiger partial charge in [-0.05, 0) is 31.0 Å². The molecule has 0 bridgehead atoms. The van der Waals surface area contributed by atoms with Crippen molar-refractivity contribution in [2.24, 2.45) is 0 Å². The predicted octanol–water partition coefficient (Wildman–Crippen LogP) is 2.08. The summed E-state index contributed by atoms with van der Waals surface area (Å²) >= 11 is 5.98. The van der Waals surface area contributed by atoms with E-state index in [-0.39, 0.29) is 15.8 Å². The molecule has 0 radical (unpaired) electrons. The molecule has 19 heavy (non-hydrogen) atoms. The average Bonchev–Trinajstić information content (AvgIpc) is 2.85. The Labute approximate surface area is 117 Å². The van der Waals surface area contributed by atoms with E-state index in [1.807, 2.05) is 0 Å². The second kappa shape index (κ2) is 5.48. The maximum Gasteiger partial charge on any atom is 0.244 e. The van der Waals surface area contributed by atoms with Gasteiger partial charge in [0.2, 0.25) is 15.9 Å². The van der Waals surface area contributed by atoms with Crippen LogP contribution in [0, 0.1) is 0 Å². The summed E-state index contributed by atoms with van der Waals surface area (Å²) in [5, 5.41) is 2.72. The summed E-state index contributed by atoms with van der Waals surface area (Å²) in [5.74, 6) is -0.258. The number of carbonyl (C=O) groups excluding carboxylic acids is 1. The number of sulfonamides is 1. The number of nitrogens with zero attached hydrogens (tertiary/aromatic N) is 1. The van der Waals surface area contributed by atoms with Crippen LogP contribution in [0.1, 0.15) is 19.8 Å². The molecule has 0 atom stereocenters. The molecule has 0 aliphatic carbocycles. The summed E-state index contributed by atoms with van der Waals surface area (Å²) in [4.78, 5) is 11.1. The molecule has 0 saturated carbocycles. The van der Waals surface area contributed by atoms with E-state index < -0.39 is 10.0 Å². The number of anilines is 1. The van der Waals surface area contributed by atoms with Crippen molar-refractivity contribution in [1.82, 2.24) is 4.31 Å². The number of hydrogen-bond acceptors (Lipinski definition) is 3. The average molecular weight is 303 g/mol. The highest BCUT2D eigenvalue weighted by Gasteiger charge is 2.29. The van der Waals surface area contributed by atoms with Crippen LogP contribution in [-0.2, 0) is 14.8 Å². The van der Waals surface area contributed by atoms with Gasteiger partial charge in [0.05, 0.1) is 5.02 Å². The first kappa shape index (κ1) is 14.3. The van der Waals surface area contributed by atoms with E-state index in [9.17, 15) is 13.2 Å². The second-order valence-corrected chi connectivity index (χ2v) is 6.75. The highest BCUT2D eigenvalue weighted by molar-refractivity contribution is 7.89. The molecule has 1 fully saturated rings. The lowest BCUT2D eigenvalue weighted by Crippen LogP contribution is -2.28. The Morgan fingerprint density at radius 2 is 1.95 bits per heavy atom. The minimum Gasteiger partial charge on any atom is -0.326 e. The molecule has 104 valence electrons. The molecular formula is C12H15ClN2O3S. The van der Waals surface area contributed by atoms with E-state index in [2.05, 4.69) is 5.32 Å². The van der Waals surface area contributed by atoms with Crippen LogP contribution < -0.4 is 5.32 Å². The molecule has 1 aromatic carbocycles. The topological polar surface area (TPSA) is 66.5 Å². The van der Waals surface area contributed by atoms with Crippen LogP contribution in [-0.4, -0.2) is 31.7 Å². The summed E-state index contributed by atoms with van der Waals surface area (Å²) in [6.07, 6.45) is 1.73. The monoisotopic (exact) mass is 302 g/mol. The number of halogens is 1. The summed E-state index contributed by atoms with van der Waals surface area (Å²) < 4.78 is 26.3. The molecule has 0 aromatic heterocycles. The van der Waals surface area contributed by atoms with Crippen LogP contribution in [0.5, 0.6) is 0 Å². The zero-order valence-electron chi connectivity index (χ0n) is 10.5. The highest BCUT2D eigenvalue weighted by atomic mass is 35.5. The maximum atomic E-state index is 12.4. The van der Waals surface area contributed by atoms with Gasteiger partial charge in [0.15, 0.2) is 0 Å². The highest BCUT2D eigenvalue weighted by Crippen LogP contribution is 2.29. The molecule has 1 amide bonds. The second-order valence-electron chi connectivity index (χ2n) is 4.44. The summed E-state index contributed by atoms with van der Waals surface area (Å²) in [6.45, 7) is 2.40. The van der Waals surface area contributed by atoms with Crippen LogP contribution in [0.3, 0.4) is 0 Å². The minimum absolute atomic E-state index is 0.0438. The van der Waals surface area contributed by atoms with E-state index in [4.69, 9.17) is 11.6 Å². The molecule has 0 spiro atoms. The van der Waals surface area contributed by atoms with E-state index in [0.29, 0.717) is 18.8 Å². The van der Waals surface area contributed by atoms with E-state index >= 15 is 0 Å². The zero-order valence-corrected chi connectivity index (χ0v) is 12.1. The van der Waals surface area contributed by atoms with Crippen molar-refractivity contribution in [3.05, 3.63) is 23.2 Å². The molecule has 1 N–H and O–H groups in total. The van der Waals surface area contributed by atoms with E-state index in [1.54, 1.807) is 6.07 Å².